The minimum Gasteiger partial charge on any atom is -0.337 e. The molecule has 3 nitrogen and oxygen atoms in total. The highest BCUT2D eigenvalue weighted by molar-refractivity contribution is 6.02. The molecular formula is C26H19N3. The van der Waals surface area contributed by atoms with Crippen LogP contribution in [0.15, 0.2) is 108 Å². The number of aliphatic imine (C=N–C) groups is 1. The molecule has 4 aromatic carbocycles. The first-order valence-electron chi connectivity index (χ1n) is 9.61. The van der Waals surface area contributed by atoms with E-state index >= 15 is 0 Å². The zero-order chi connectivity index (χ0) is 19.5. The summed E-state index contributed by atoms with van der Waals surface area (Å²) in [6, 6.07) is 35.0. The van der Waals surface area contributed by atoms with Crippen LogP contribution in [0.25, 0.3) is 33.3 Å². The number of rotatable bonds is 4. The Labute approximate surface area is 169 Å². The van der Waals surface area contributed by atoms with Gasteiger partial charge in [0.2, 0.25) is 0 Å². The summed E-state index contributed by atoms with van der Waals surface area (Å²) in [5.74, 6) is 0.740. The molecular weight excluding hydrogens is 354 g/mol. The second-order valence-electron chi connectivity index (χ2n) is 6.83. The Morgan fingerprint density at radius 3 is 1.83 bits per heavy atom. The summed E-state index contributed by atoms with van der Waals surface area (Å²) in [6.07, 6.45) is 1.79. The molecule has 0 aliphatic carbocycles. The van der Waals surface area contributed by atoms with Gasteiger partial charge < -0.3 is 4.98 Å². The van der Waals surface area contributed by atoms with Gasteiger partial charge in [-0.25, -0.2) is 4.98 Å². The molecule has 29 heavy (non-hydrogen) atoms. The van der Waals surface area contributed by atoms with Crippen LogP contribution in [0, 0.1) is 0 Å². The molecule has 5 rings (SSSR count). The second kappa shape index (κ2) is 7.56. The van der Waals surface area contributed by atoms with Gasteiger partial charge in [-0.1, -0.05) is 91.0 Å². The molecule has 0 saturated heterocycles. The minimum atomic E-state index is 0.740. The molecule has 138 valence electrons. The smallest absolute Gasteiger partial charge is 0.149 e. The van der Waals surface area contributed by atoms with E-state index in [1.807, 2.05) is 42.5 Å². The lowest BCUT2D eigenvalue weighted by atomic mass is 9.98. The summed E-state index contributed by atoms with van der Waals surface area (Å²) < 4.78 is 0. The molecule has 1 aromatic heterocycles. The Kier molecular flexibility index (Phi) is 4.47. The fraction of sp³-hybridized carbons (Fsp3) is 0. The van der Waals surface area contributed by atoms with Crippen molar-refractivity contribution in [1.82, 2.24) is 9.97 Å². The minimum absolute atomic E-state index is 0.740. The van der Waals surface area contributed by atoms with Gasteiger partial charge in [-0.2, -0.15) is 0 Å². The Balaban J connectivity index is 1.68. The third kappa shape index (κ3) is 3.46. The fourth-order valence-electron chi connectivity index (χ4n) is 3.53. The number of hydrogen-bond donors (Lipinski definition) is 1. The first kappa shape index (κ1) is 17.1. The summed E-state index contributed by atoms with van der Waals surface area (Å²) in [4.78, 5) is 12.9. The van der Waals surface area contributed by atoms with Gasteiger partial charge in [-0.15, -0.1) is 0 Å². The molecule has 1 heterocycles. The van der Waals surface area contributed by atoms with Crippen molar-refractivity contribution < 1.29 is 0 Å². The summed E-state index contributed by atoms with van der Waals surface area (Å²) in [6.45, 7) is 0. The monoisotopic (exact) mass is 373 g/mol. The largest absolute Gasteiger partial charge is 0.337 e. The lowest BCUT2D eigenvalue weighted by Gasteiger charge is -2.07. The van der Waals surface area contributed by atoms with Gasteiger partial charge in [0, 0.05) is 11.1 Å². The summed E-state index contributed by atoms with van der Waals surface area (Å²) in [5.41, 5.74) is 7.42. The number of aromatic amines is 1. The van der Waals surface area contributed by atoms with Gasteiger partial charge in [0.25, 0.3) is 0 Å². The molecule has 0 aliphatic rings. The normalized spacial score (nSPS) is 11.3. The SMILES string of the molecule is C(=N\c1ccccc1)/c1nc2c(-c3ccccc3)ccc(-c3ccccc3)c2[nH]1. The maximum Gasteiger partial charge on any atom is 0.149 e. The van der Waals surface area contributed by atoms with E-state index < -0.39 is 0 Å². The quantitative estimate of drug-likeness (QED) is 0.352. The van der Waals surface area contributed by atoms with Crippen LogP contribution in [0.1, 0.15) is 5.82 Å². The molecule has 0 amide bonds. The van der Waals surface area contributed by atoms with Gasteiger partial charge >= 0.3 is 0 Å². The number of nitrogens with one attached hydrogen (secondary N) is 1. The maximum atomic E-state index is 4.89. The van der Waals surface area contributed by atoms with E-state index in [0.717, 1.165) is 44.8 Å². The van der Waals surface area contributed by atoms with E-state index in [0.29, 0.717) is 0 Å². The number of benzene rings is 4. The zero-order valence-electron chi connectivity index (χ0n) is 15.8. The Bertz CT molecular complexity index is 1190. The predicted molar refractivity (Wildman–Crippen MR) is 121 cm³/mol. The molecule has 0 saturated carbocycles. The van der Waals surface area contributed by atoms with Crippen LogP contribution < -0.4 is 0 Å². The molecule has 1 N–H and O–H groups in total. The fourth-order valence-corrected chi connectivity index (χ4v) is 3.53. The van der Waals surface area contributed by atoms with Crippen LogP contribution in [0.4, 0.5) is 5.69 Å². The summed E-state index contributed by atoms with van der Waals surface area (Å²) in [7, 11) is 0. The van der Waals surface area contributed by atoms with Gasteiger partial charge in [0.1, 0.15) is 5.82 Å². The maximum absolute atomic E-state index is 4.89. The molecule has 3 heteroatoms. The average Bonchev–Trinajstić information content (AvgIpc) is 3.23. The molecule has 0 spiro atoms. The van der Waals surface area contributed by atoms with Crippen molar-refractivity contribution >= 4 is 22.9 Å². The van der Waals surface area contributed by atoms with Gasteiger partial charge in [-0.05, 0) is 23.3 Å². The number of hydrogen-bond acceptors (Lipinski definition) is 2. The number of H-pyrrole nitrogens is 1. The molecule has 0 radical (unpaired) electrons. The van der Waals surface area contributed by atoms with Crippen LogP contribution in [0.5, 0.6) is 0 Å². The Morgan fingerprint density at radius 1 is 0.621 bits per heavy atom. The van der Waals surface area contributed by atoms with E-state index in [1.165, 1.54) is 0 Å². The highest BCUT2D eigenvalue weighted by atomic mass is 14.9. The molecule has 5 aromatic rings. The summed E-state index contributed by atoms with van der Waals surface area (Å²) in [5, 5.41) is 0. The van der Waals surface area contributed by atoms with Gasteiger partial charge in [-0.3, -0.25) is 4.99 Å². The molecule has 0 fully saturated rings. The van der Waals surface area contributed by atoms with E-state index in [9.17, 15) is 0 Å². The first-order valence-corrected chi connectivity index (χ1v) is 9.61. The molecule has 0 bridgehead atoms. The highest BCUT2D eigenvalue weighted by Crippen LogP contribution is 2.34. The van der Waals surface area contributed by atoms with Crippen molar-refractivity contribution in [2.45, 2.75) is 0 Å². The number of aromatic nitrogens is 2. The highest BCUT2D eigenvalue weighted by Gasteiger charge is 2.13. The van der Waals surface area contributed by atoms with Crippen molar-refractivity contribution in [3.05, 3.63) is 109 Å². The number of imidazole rings is 1. The number of nitrogens with zero attached hydrogens (tertiary/aromatic N) is 2. The standard InChI is InChI=1S/C26H19N3/c1-4-10-19(11-5-1)22-16-17-23(20-12-6-2-7-13-20)26-25(22)28-24(29-26)18-27-21-14-8-3-9-15-21/h1-18H,(H,28,29)/b27-18+. The lowest BCUT2D eigenvalue weighted by molar-refractivity contribution is 1.30. The van der Waals surface area contributed by atoms with E-state index in [2.05, 4.69) is 70.6 Å². The van der Waals surface area contributed by atoms with Crippen molar-refractivity contribution in [3.8, 4) is 22.3 Å². The third-order valence-electron chi connectivity index (χ3n) is 4.92. The van der Waals surface area contributed by atoms with E-state index in [-0.39, 0.29) is 0 Å². The van der Waals surface area contributed by atoms with Crippen LogP contribution in [0.2, 0.25) is 0 Å². The van der Waals surface area contributed by atoms with Crippen molar-refractivity contribution in [2.24, 2.45) is 4.99 Å². The molecule has 0 atom stereocenters. The van der Waals surface area contributed by atoms with Gasteiger partial charge in [0.15, 0.2) is 0 Å². The van der Waals surface area contributed by atoms with E-state index in [4.69, 9.17) is 4.98 Å². The van der Waals surface area contributed by atoms with Crippen LogP contribution in [-0.4, -0.2) is 16.2 Å². The zero-order valence-corrected chi connectivity index (χ0v) is 15.8. The van der Waals surface area contributed by atoms with Crippen molar-refractivity contribution in [3.63, 3.8) is 0 Å². The van der Waals surface area contributed by atoms with Crippen LogP contribution >= 0.6 is 0 Å². The second-order valence-corrected chi connectivity index (χ2v) is 6.83. The topological polar surface area (TPSA) is 41.0 Å². The van der Waals surface area contributed by atoms with Crippen LogP contribution in [0.3, 0.4) is 0 Å². The lowest BCUT2D eigenvalue weighted by Crippen LogP contribution is -1.85. The summed E-state index contributed by atoms with van der Waals surface area (Å²) >= 11 is 0. The van der Waals surface area contributed by atoms with Gasteiger partial charge in [0.05, 0.1) is 22.9 Å². The van der Waals surface area contributed by atoms with Crippen molar-refractivity contribution in [1.29, 1.82) is 0 Å². The van der Waals surface area contributed by atoms with Crippen molar-refractivity contribution in [2.75, 3.05) is 0 Å². The average molecular weight is 373 g/mol. The molecule has 0 unspecified atom stereocenters. The van der Waals surface area contributed by atoms with Crippen LogP contribution in [-0.2, 0) is 0 Å². The molecule has 0 aliphatic heterocycles. The third-order valence-corrected chi connectivity index (χ3v) is 4.92. The number of para-hydroxylation sites is 1. The Morgan fingerprint density at radius 2 is 1.17 bits per heavy atom. The number of fused-ring (bicyclic) bond motifs is 1. The predicted octanol–water partition coefficient (Wildman–Crippen LogP) is 6.65. The Hall–Kier alpha value is -3.98. The first-order chi connectivity index (χ1) is 14.4. The van der Waals surface area contributed by atoms with E-state index in [1.54, 1.807) is 6.21 Å².